The smallest absolute Gasteiger partial charge is 0.240 e. The van der Waals surface area contributed by atoms with E-state index < -0.39 is 0 Å². The highest BCUT2D eigenvalue weighted by Gasteiger charge is 2.29. The van der Waals surface area contributed by atoms with Crippen molar-refractivity contribution in [3.8, 4) is 0 Å². The molecule has 0 spiro atoms. The highest BCUT2D eigenvalue weighted by molar-refractivity contribution is 8.00. The average Bonchev–Trinajstić information content (AvgIpc) is 2.84. The Morgan fingerprint density at radius 3 is 2.03 bits per heavy atom. The van der Waals surface area contributed by atoms with E-state index in [0.717, 1.165) is 43.2 Å². The number of carbonyl (C=O) groups is 1. The highest BCUT2D eigenvalue weighted by atomic mass is 32.2. The SMILES string of the molecule is O=C([C@H](Sc1ccccc1)c1ccccc1)N1CCN(C/C=C/c2ccccc2)CC1. The van der Waals surface area contributed by atoms with Crippen LogP contribution in [0.5, 0.6) is 0 Å². The summed E-state index contributed by atoms with van der Waals surface area (Å²) in [4.78, 5) is 19.0. The fourth-order valence-electron chi connectivity index (χ4n) is 3.74. The number of hydrogen-bond donors (Lipinski definition) is 0. The van der Waals surface area contributed by atoms with Crippen LogP contribution in [0.25, 0.3) is 6.08 Å². The van der Waals surface area contributed by atoms with Gasteiger partial charge in [-0.2, -0.15) is 0 Å². The van der Waals surface area contributed by atoms with Crippen LogP contribution in [0.3, 0.4) is 0 Å². The maximum absolute atomic E-state index is 13.5. The van der Waals surface area contributed by atoms with E-state index in [-0.39, 0.29) is 11.2 Å². The van der Waals surface area contributed by atoms with Gasteiger partial charge in [0.05, 0.1) is 0 Å². The first-order valence-electron chi connectivity index (χ1n) is 10.8. The van der Waals surface area contributed by atoms with Crippen molar-refractivity contribution in [1.29, 1.82) is 0 Å². The molecule has 158 valence electrons. The highest BCUT2D eigenvalue weighted by Crippen LogP contribution is 2.36. The van der Waals surface area contributed by atoms with Crippen molar-refractivity contribution in [1.82, 2.24) is 9.80 Å². The molecular weight excluding hydrogens is 400 g/mol. The molecule has 0 N–H and O–H groups in total. The monoisotopic (exact) mass is 428 g/mol. The zero-order chi connectivity index (χ0) is 21.3. The topological polar surface area (TPSA) is 23.6 Å². The van der Waals surface area contributed by atoms with E-state index in [1.54, 1.807) is 11.8 Å². The van der Waals surface area contributed by atoms with Crippen LogP contribution in [-0.4, -0.2) is 48.4 Å². The van der Waals surface area contributed by atoms with Crippen molar-refractivity contribution in [2.45, 2.75) is 10.1 Å². The van der Waals surface area contributed by atoms with Crippen LogP contribution in [0.1, 0.15) is 16.4 Å². The van der Waals surface area contributed by atoms with Crippen molar-refractivity contribution >= 4 is 23.7 Å². The van der Waals surface area contributed by atoms with E-state index in [9.17, 15) is 4.79 Å². The lowest BCUT2D eigenvalue weighted by Crippen LogP contribution is -2.49. The van der Waals surface area contributed by atoms with Crippen LogP contribution in [0.15, 0.2) is 102 Å². The molecule has 3 aromatic carbocycles. The molecule has 1 fully saturated rings. The Balaban J connectivity index is 1.36. The molecular formula is C27H28N2OS. The van der Waals surface area contributed by atoms with Gasteiger partial charge in [0.15, 0.2) is 0 Å². The number of rotatable bonds is 7. The molecule has 1 aliphatic rings. The number of piperazine rings is 1. The molecule has 0 bridgehead atoms. The summed E-state index contributed by atoms with van der Waals surface area (Å²) in [6.07, 6.45) is 4.38. The standard InChI is InChI=1S/C27H28N2OS/c30-27(26(24-14-6-2-7-15-24)31-25-16-8-3-9-17-25)29-21-19-28(20-22-29)18-10-13-23-11-4-1-5-12-23/h1-17,26H,18-22H2/b13-10+/t26-/m1/s1. The molecule has 31 heavy (non-hydrogen) atoms. The first-order chi connectivity index (χ1) is 15.3. The second-order valence-electron chi connectivity index (χ2n) is 7.66. The summed E-state index contributed by atoms with van der Waals surface area (Å²) >= 11 is 1.64. The van der Waals surface area contributed by atoms with Gasteiger partial charge in [-0.15, -0.1) is 11.8 Å². The largest absolute Gasteiger partial charge is 0.339 e. The summed E-state index contributed by atoms with van der Waals surface area (Å²) in [6.45, 7) is 4.27. The third-order valence-corrected chi connectivity index (χ3v) is 6.74. The molecule has 0 aromatic heterocycles. The van der Waals surface area contributed by atoms with Gasteiger partial charge in [0, 0.05) is 37.6 Å². The third kappa shape index (κ3) is 6.09. The molecule has 0 unspecified atom stereocenters. The number of carbonyl (C=O) groups excluding carboxylic acids is 1. The Bertz CT molecular complexity index is 968. The van der Waals surface area contributed by atoms with Crippen LogP contribution in [0, 0.1) is 0 Å². The Labute approximate surface area is 189 Å². The lowest BCUT2D eigenvalue weighted by molar-refractivity contribution is -0.132. The van der Waals surface area contributed by atoms with Gasteiger partial charge in [-0.1, -0.05) is 91.0 Å². The Kier molecular flexibility index (Phi) is 7.59. The molecule has 1 aliphatic heterocycles. The zero-order valence-electron chi connectivity index (χ0n) is 17.6. The van der Waals surface area contributed by atoms with Crippen LogP contribution in [0.2, 0.25) is 0 Å². The van der Waals surface area contributed by atoms with Crippen LogP contribution >= 0.6 is 11.8 Å². The van der Waals surface area contributed by atoms with Gasteiger partial charge >= 0.3 is 0 Å². The van der Waals surface area contributed by atoms with Crippen LogP contribution < -0.4 is 0 Å². The van der Waals surface area contributed by atoms with E-state index in [0.29, 0.717) is 0 Å². The van der Waals surface area contributed by atoms with Gasteiger partial charge in [0.1, 0.15) is 5.25 Å². The Hall–Kier alpha value is -2.82. The first-order valence-corrected chi connectivity index (χ1v) is 11.7. The molecule has 4 rings (SSSR count). The summed E-state index contributed by atoms with van der Waals surface area (Å²) in [5.41, 5.74) is 2.29. The summed E-state index contributed by atoms with van der Waals surface area (Å²) in [5.74, 6) is 0.208. The maximum Gasteiger partial charge on any atom is 0.240 e. The summed E-state index contributed by atoms with van der Waals surface area (Å²) in [7, 11) is 0. The quantitative estimate of drug-likeness (QED) is 0.472. The van der Waals surface area contributed by atoms with Crippen molar-refractivity contribution < 1.29 is 4.79 Å². The Morgan fingerprint density at radius 1 is 0.806 bits per heavy atom. The second kappa shape index (κ2) is 11.0. The molecule has 0 aliphatic carbocycles. The van der Waals surface area contributed by atoms with Crippen molar-refractivity contribution in [3.05, 3.63) is 108 Å². The molecule has 1 heterocycles. The maximum atomic E-state index is 13.5. The fourth-order valence-corrected chi connectivity index (χ4v) is 4.87. The molecule has 1 atom stereocenters. The Morgan fingerprint density at radius 2 is 1.39 bits per heavy atom. The minimum atomic E-state index is -0.215. The van der Waals surface area contributed by atoms with Gasteiger partial charge in [-0.25, -0.2) is 0 Å². The first kappa shape index (κ1) is 21.4. The van der Waals surface area contributed by atoms with E-state index >= 15 is 0 Å². The molecule has 1 amide bonds. The molecule has 1 saturated heterocycles. The van der Waals surface area contributed by atoms with Gasteiger partial charge < -0.3 is 4.90 Å². The lowest BCUT2D eigenvalue weighted by atomic mass is 10.1. The van der Waals surface area contributed by atoms with Crippen molar-refractivity contribution in [2.24, 2.45) is 0 Å². The van der Waals surface area contributed by atoms with Crippen LogP contribution in [0.4, 0.5) is 0 Å². The molecule has 0 radical (unpaired) electrons. The number of benzene rings is 3. The molecule has 3 nitrogen and oxygen atoms in total. The third-order valence-electron chi connectivity index (χ3n) is 5.48. The number of nitrogens with zero attached hydrogens (tertiary/aromatic N) is 2. The lowest BCUT2D eigenvalue weighted by Gasteiger charge is -2.36. The predicted octanol–water partition coefficient (Wildman–Crippen LogP) is 5.38. The van der Waals surface area contributed by atoms with Crippen LogP contribution in [-0.2, 0) is 4.79 Å². The number of thioether (sulfide) groups is 1. The van der Waals surface area contributed by atoms with Gasteiger partial charge in [0.2, 0.25) is 5.91 Å². The summed E-state index contributed by atoms with van der Waals surface area (Å²) in [5, 5.41) is -0.215. The fraction of sp³-hybridized carbons (Fsp3) is 0.222. The second-order valence-corrected chi connectivity index (χ2v) is 8.84. The van der Waals surface area contributed by atoms with Gasteiger partial charge in [-0.3, -0.25) is 9.69 Å². The van der Waals surface area contributed by atoms with E-state index in [2.05, 4.69) is 65.6 Å². The normalized spacial score (nSPS) is 15.8. The minimum Gasteiger partial charge on any atom is -0.339 e. The molecule has 0 saturated carbocycles. The number of hydrogen-bond acceptors (Lipinski definition) is 3. The van der Waals surface area contributed by atoms with E-state index in [1.165, 1.54) is 5.56 Å². The molecule has 3 aromatic rings. The molecule has 4 heteroatoms. The summed E-state index contributed by atoms with van der Waals surface area (Å²) < 4.78 is 0. The van der Waals surface area contributed by atoms with E-state index in [4.69, 9.17) is 0 Å². The summed E-state index contributed by atoms with van der Waals surface area (Å²) in [6, 6.07) is 30.7. The van der Waals surface area contributed by atoms with Crippen molar-refractivity contribution in [2.75, 3.05) is 32.7 Å². The minimum absolute atomic E-state index is 0.208. The average molecular weight is 429 g/mol. The van der Waals surface area contributed by atoms with Crippen molar-refractivity contribution in [3.63, 3.8) is 0 Å². The van der Waals surface area contributed by atoms with Gasteiger partial charge in [0.25, 0.3) is 0 Å². The zero-order valence-corrected chi connectivity index (χ0v) is 18.5. The van der Waals surface area contributed by atoms with Gasteiger partial charge in [-0.05, 0) is 23.3 Å². The number of amides is 1. The van der Waals surface area contributed by atoms with E-state index in [1.807, 2.05) is 47.4 Å². The predicted molar refractivity (Wildman–Crippen MR) is 130 cm³/mol.